The maximum atomic E-state index is 5.93. The minimum atomic E-state index is 0.495. The van der Waals surface area contributed by atoms with Crippen LogP contribution in [0.3, 0.4) is 0 Å². The summed E-state index contributed by atoms with van der Waals surface area (Å²) in [5.74, 6) is 5.59. The molecule has 0 N–H and O–H groups in total. The van der Waals surface area contributed by atoms with E-state index in [1.54, 1.807) is 25.3 Å². The highest BCUT2D eigenvalue weighted by Crippen LogP contribution is 2.19. The zero-order valence-electron chi connectivity index (χ0n) is 7.72. The van der Waals surface area contributed by atoms with Crippen LogP contribution in [-0.4, -0.2) is 12.8 Å². The Labute approximate surface area is 93.8 Å². The Morgan fingerprint density at radius 2 is 2.21 bits per heavy atom. The quantitative estimate of drug-likeness (QED) is 0.541. The molecule has 0 aliphatic carbocycles. The molecule has 14 heavy (non-hydrogen) atoms. The standard InChI is InChI=1S/C11H9Cl2N/c1-2-3-6-14-8-9-4-5-10(12)7-11(9)13/h4-5,7-8H,6H2,1H3. The first-order chi connectivity index (χ1) is 6.74. The van der Waals surface area contributed by atoms with Crippen LogP contribution < -0.4 is 0 Å². The summed E-state index contributed by atoms with van der Waals surface area (Å²) >= 11 is 11.7. The molecule has 1 aromatic carbocycles. The predicted octanol–water partition coefficient (Wildman–Crippen LogP) is 3.44. The lowest BCUT2D eigenvalue weighted by atomic mass is 10.2. The average Bonchev–Trinajstić information content (AvgIpc) is 2.15. The van der Waals surface area contributed by atoms with Crippen molar-refractivity contribution in [3.05, 3.63) is 33.8 Å². The molecule has 3 heteroatoms. The maximum absolute atomic E-state index is 5.93. The normalized spacial score (nSPS) is 9.93. The maximum Gasteiger partial charge on any atom is 0.0997 e. The fourth-order valence-electron chi connectivity index (χ4n) is 0.875. The molecule has 0 bridgehead atoms. The van der Waals surface area contributed by atoms with Gasteiger partial charge in [0.2, 0.25) is 0 Å². The van der Waals surface area contributed by atoms with Crippen LogP contribution in [0.25, 0.3) is 0 Å². The lowest BCUT2D eigenvalue weighted by molar-refractivity contribution is 1.30. The molecular weight excluding hydrogens is 217 g/mol. The van der Waals surface area contributed by atoms with Crippen LogP contribution in [0.1, 0.15) is 12.5 Å². The summed E-state index contributed by atoms with van der Waals surface area (Å²) < 4.78 is 0. The van der Waals surface area contributed by atoms with Crippen molar-refractivity contribution in [1.82, 2.24) is 0 Å². The van der Waals surface area contributed by atoms with Crippen molar-refractivity contribution in [3.63, 3.8) is 0 Å². The molecule has 1 rings (SSSR count). The van der Waals surface area contributed by atoms with Crippen LogP contribution >= 0.6 is 23.2 Å². The van der Waals surface area contributed by atoms with E-state index in [0.717, 1.165) is 5.56 Å². The lowest BCUT2D eigenvalue weighted by Crippen LogP contribution is -1.84. The Balaban J connectivity index is 2.75. The van der Waals surface area contributed by atoms with Gasteiger partial charge in [-0.15, -0.1) is 5.92 Å². The number of halogens is 2. The number of hydrogen-bond acceptors (Lipinski definition) is 1. The molecule has 0 aliphatic rings. The van der Waals surface area contributed by atoms with E-state index < -0.39 is 0 Å². The summed E-state index contributed by atoms with van der Waals surface area (Å²) in [6.07, 6.45) is 1.70. The van der Waals surface area contributed by atoms with E-state index in [2.05, 4.69) is 16.8 Å². The van der Waals surface area contributed by atoms with Crippen molar-refractivity contribution in [2.45, 2.75) is 6.92 Å². The molecule has 0 spiro atoms. The molecular formula is C11H9Cl2N. The molecule has 0 fully saturated rings. The van der Waals surface area contributed by atoms with E-state index in [1.165, 1.54) is 0 Å². The monoisotopic (exact) mass is 225 g/mol. The van der Waals surface area contributed by atoms with Crippen molar-refractivity contribution >= 4 is 29.4 Å². The molecule has 0 atom stereocenters. The third kappa shape index (κ3) is 3.41. The number of nitrogens with zero attached hydrogens (tertiary/aromatic N) is 1. The molecule has 0 radical (unpaired) electrons. The summed E-state index contributed by atoms with van der Waals surface area (Å²) in [6, 6.07) is 5.30. The van der Waals surface area contributed by atoms with Gasteiger partial charge in [-0.3, -0.25) is 4.99 Å². The van der Waals surface area contributed by atoms with Crippen molar-refractivity contribution < 1.29 is 0 Å². The summed E-state index contributed by atoms with van der Waals surface area (Å²) in [5.41, 5.74) is 0.856. The minimum absolute atomic E-state index is 0.495. The van der Waals surface area contributed by atoms with Crippen molar-refractivity contribution in [1.29, 1.82) is 0 Å². The average molecular weight is 226 g/mol. The van der Waals surface area contributed by atoms with E-state index in [9.17, 15) is 0 Å². The first kappa shape index (κ1) is 11.1. The topological polar surface area (TPSA) is 12.4 Å². The minimum Gasteiger partial charge on any atom is -0.280 e. The lowest BCUT2D eigenvalue weighted by Gasteiger charge is -1.96. The Morgan fingerprint density at radius 3 is 2.86 bits per heavy atom. The molecule has 0 unspecified atom stereocenters. The fourth-order valence-corrected chi connectivity index (χ4v) is 1.33. The molecule has 1 aromatic rings. The number of hydrogen-bond donors (Lipinski definition) is 0. The van der Waals surface area contributed by atoms with Crippen LogP contribution in [0.4, 0.5) is 0 Å². The number of aliphatic imine (C=N–C) groups is 1. The molecule has 0 aliphatic heterocycles. The van der Waals surface area contributed by atoms with E-state index in [4.69, 9.17) is 23.2 Å². The van der Waals surface area contributed by atoms with Gasteiger partial charge >= 0.3 is 0 Å². The van der Waals surface area contributed by atoms with Crippen LogP contribution in [0.2, 0.25) is 10.0 Å². The fraction of sp³-hybridized carbons (Fsp3) is 0.182. The Kier molecular flexibility index (Phi) is 4.52. The zero-order chi connectivity index (χ0) is 10.4. The zero-order valence-corrected chi connectivity index (χ0v) is 9.23. The van der Waals surface area contributed by atoms with Gasteiger partial charge in [-0.2, -0.15) is 0 Å². The second-order valence-corrected chi connectivity index (χ2v) is 3.41. The molecule has 1 nitrogen and oxygen atoms in total. The van der Waals surface area contributed by atoms with Crippen LogP contribution in [0.5, 0.6) is 0 Å². The van der Waals surface area contributed by atoms with E-state index >= 15 is 0 Å². The summed E-state index contributed by atoms with van der Waals surface area (Å²) in [5, 5.41) is 1.23. The molecule has 0 aromatic heterocycles. The molecule has 0 heterocycles. The van der Waals surface area contributed by atoms with Crippen LogP contribution in [0, 0.1) is 11.8 Å². The smallest absolute Gasteiger partial charge is 0.0997 e. The second-order valence-electron chi connectivity index (χ2n) is 2.56. The highest BCUT2D eigenvalue weighted by molar-refractivity contribution is 6.36. The van der Waals surface area contributed by atoms with E-state index in [1.807, 2.05) is 6.07 Å². The Morgan fingerprint density at radius 1 is 1.43 bits per heavy atom. The second kappa shape index (κ2) is 5.70. The first-order valence-corrected chi connectivity index (χ1v) is 4.84. The third-order valence-electron chi connectivity index (χ3n) is 1.54. The van der Waals surface area contributed by atoms with Gasteiger partial charge in [0, 0.05) is 16.8 Å². The van der Waals surface area contributed by atoms with Gasteiger partial charge in [-0.1, -0.05) is 35.2 Å². The molecule has 72 valence electrons. The Bertz CT molecular complexity index is 399. The van der Waals surface area contributed by atoms with Gasteiger partial charge in [0.1, 0.15) is 0 Å². The Hall–Kier alpha value is -0.970. The predicted molar refractivity (Wildman–Crippen MR) is 62.4 cm³/mol. The third-order valence-corrected chi connectivity index (χ3v) is 2.10. The van der Waals surface area contributed by atoms with Gasteiger partial charge in [-0.05, 0) is 19.1 Å². The number of rotatable bonds is 2. The van der Waals surface area contributed by atoms with Gasteiger partial charge in [0.25, 0.3) is 0 Å². The van der Waals surface area contributed by atoms with Crippen LogP contribution in [0.15, 0.2) is 23.2 Å². The first-order valence-electron chi connectivity index (χ1n) is 4.08. The van der Waals surface area contributed by atoms with Crippen molar-refractivity contribution in [2.24, 2.45) is 4.99 Å². The SMILES string of the molecule is CC#CCN=Cc1ccc(Cl)cc1Cl. The van der Waals surface area contributed by atoms with Gasteiger partial charge in [-0.25, -0.2) is 0 Å². The number of benzene rings is 1. The largest absolute Gasteiger partial charge is 0.280 e. The summed E-state index contributed by atoms with van der Waals surface area (Å²) in [6.45, 7) is 2.28. The van der Waals surface area contributed by atoms with Crippen LogP contribution in [-0.2, 0) is 0 Å². The van der Waals surface area contributed by atoms with Crippen molar-refractivity contribution in [3.8, 4) is 11.8 Å². The highest BCUT2D eigenvalue weighted by atomic mass is 35.5. The van der Waals surface area contributed by atoms with Crippen molar-refractivity contribution in [2.75, 3.05) is 6.54 Å². The molecule has 0 saturated carbocycles. The molecule has 0 saturated heterocycles. The van der Waals surface area contributed by atoms with E-state index in [-0.39, 0.29) is 0 Å². The van der Waals surface area contributed by atoms with Gasteiger partial charge in [0.05, 0.1) is 11.6 Å². The summed E-state index contributed by atoms with van der Waals surface area (Å²) in [4.78, 5) is 4.10. The van der Waals surface area contributed by atoms with Gasteiger partial charge < -0.3 is 0 Å². The molecule has 0 amide bonds. The highest BCUT2D eigenvalue weighted by Gasteiger charge is 1.96. The summed E-state index contributed by atoms with van der Waals surface area (Å²) in [7, 11) is 0. The van der Waals surface area contributed by atoms with E-state index in [0.29, 0.717) is 16.6 Å². The van der Waals surface area contributed by atoms with Gasteiger partial charge in [0.15, 0.2) is 0 Å².